The molecule has 0 radical (unpaired) electrons. The number of rotatable bonds is 8. The fourth-order valence-electron chi connectivity index (χ4n) is 4.97. The van der Waals surface area contributed by atoms with Crippen molar-refractivity contribution in [3.63, 3.8) is 0 Å². The van der Waals surface area contributed by atoms with Crippen LogP contribution in [-0.4, -0.2) is 36.5 Å². The molecule has 3 aromatic rings. The number of hydrogen-bond donors (Lipinski definition) is 3. The normalized spacial score (nSPS) is 20.3. The number of aryl methyl sites for hydroxylation is 1. The SMILES string of the molecule is CCOC(=O)Oc1[nH]c2ccc(C)cc2c1CNCC1CCCCC1(O)c1cccc(OC)c1. The van der Waals surface area contributed by atoms with Gasteiger partial charge in [-0.25, -0.2) is 4.79 Å². The van der Waals surface area contributed by atoms with Gasteiger partial charge >= 0.3 is 6.16 Å². The molecule has 0 aliphatic heterocycles. The highest BCUT2D eigenvalue weighted by atomic mass is 16.7. The first kappa shape index (κ1) is 24.1. The molecule has 1 heterocycles. The third-order valence-electron chi connectivity index (χ3n) is 6.77. The first-order valence-electron chi connectivity index (χ1n) is 12.0. The quantitative estimate of drug-likeness (QED) is 0.396. The maximum atomic E-state index is 12.0. The lowest BCUT2D eigenvalue weighted by Crippen LogP contribution is -2.43. The highest BCUT2D eigenvalue weighted by Crippen LogP contribution is 2.42. The van der Waals surface area contributed by atoms with Gasteiger partial charge in [0.25, 0.3) is 0 Å². The summed E-state index contributed by atoms with van der Waals surface area (Å²) in [5.41, 5.74) is 2.86. The fourth-order valence-corrected chi connectivity index (χ4v) is 4.97. The van der Waals surface area contributed by atoms with Crippen molar-refractivity contribution in [3.05, 3.63) is 59.2 Å². The largest absolute Gasteiger partial charge is 0.515 e. The molecule has 0 saturated heterocycles. The molecule has 182 valence electrons. The summed E-state index contributed by atoms with van der Waals surface area (Å²) in [6.07, 6.45) is 2.99. The first-order chi connectivity index (χ1) is 16.4. The van der Waals surface area contributed by atoms with Crippen molar-refractivity contribution in [2.75, 3.05) is 20.3 Å². The van der Waals surface area contributed by atoms with Crippen LogP contribution in [0.1, 0.15) is 49.3 Å². The van der Waals surface area contributed by atoms with E-state index < -0.39 is 11.8 Å². The second-order valence-corrected chi connectivity index (χ2v) is 9.00. The van der Waals surface area contributed by atoms with Gasteiger partial charge in [0.15, 0.2) is 0 Å². The molecule has 2 aromatic carbocycles. The summed E-state index contributed by atoms with van der Waals surface area (Å²) in [5.74, 6) is 1.19. The number of carbonyl (C=O) groups is 1. The third-order valence-corrected chi connectivity index (χ3v) is 6.77. The van der Waals surface area contributed by atoms with Gasteiger partial charge in [0, 0.05) is 35.5 Å². The van der Waals surface area contributed by atoms with E-state index in [1.807, 2.05) is 43.3 Å². The van der Waals surface area contributed by atoms with Gasteiger partial charge in [-0.1, -0.05) is 36.6 Å². The van der Waals surface area contributed by atoms with Crippen molar-refractivity contribution in [2.45, 2.75) is 51.7 Å². The van der Waals surface area contributed by atoms with Crippen molar-refractivity contribution in [2.24, 2.45) is 5.92 Å². The summed E-state index contributed by atoms with van der Waals surface area (Å²) >= 11 is 0. The minimum absolute atomic E-state index is 0.0507. The molecule has 34 heavy (non-hydrogen) atoms. The van der Waals surface area contributed by atoms with Crippen molar-refractivity contribution in [1.82, 2.24) is 10.3 Å². The molecule has 2 unspecified atom stereocenters. The average Bonchev–Trinajstić information content (AvgIpc) is 3.16. The van der Waals surface area contributed by atoms with Crippen LogP contribution in [0.3, 0.4) is 0 Å². The summed E-state index contributed by atoms with van der Waals surface area (Å²) in [4.78, 5) is 15.2. The Bertz CT molecular complexity index is 1140. The number of benzene rings is 2. The Balaban J connectivity index is 1.54. The number of carbonyl (C=O) groups excluding carboxylic acids is 1. The fraction of sp³-hybridized carbons (Fsp3) is 0.444. The Kier molecular flexibility index (Phi) is 7.44. The van der Waals surface area contributed by atoms with Crippen molar-refractivity contribution in [1.29, 1.82) is 0 Å². The molecule has 1 aromatic heterocycles. The minimum atomic E-state index is -0.916. The van der Waals surface area contributed by atoms with Gasteiger partial charge in [-0.05, 0) is 56.5 Å². The van der Waals surface area contributed by atoms with E-state index in [0.29, 0.717) is 19.0 Å². The van der Waals surface area contributed by atoms with Crippen LogP contribution in [0.15, 0.2) is 42.5 Å². The molecule has 1 aliphatic carbocycles. The van der Waals surface area contributed by atoms with E-state index in [-0.39, 0.29) is 12.5 Å². The molecule has 7 heteroatoms. The number of fused-ring (bicyclic) bond motifs is 1. The van der Waals surface area contributed by atoms with Crippen LogP contribution in [0, 0.1) is 12.8 Å². The third kappa shape index (κ3) is 5.05. The molecular formula is C27H34N2O5. The van der Waals surface area contributed by atoms with Crippen LogP contribution in [0.2, 0.25) is 0 Å². The van der Waals surface area contributed by atoms with Crippen LogP contribution in [0.5, 0.6) is 11.6 Å². The molecule has 7 nitrogen and oxygen atoms in total. The molecule has 0 bridgehead atoms. The Labute approximate surface area is 200 Å². The number of nitrogens with one attached hydrogen (secondary N) is 2. The summed E-state index contributed by atoms with van der Waals surface area (Å²) in [7, 11) is 1.64. The van der Waals surface area contributed by atoms with Crippen molar-refractivity contribution in [3.8, 4) is 11.6 Å². The van der Waals surface area contributed by atoms with Crippen LogP contribution in [0.4, 0.5) is 4.79 Å². The Morgan fingerprint density at radius 2 is 2.09 bits per heavy atom. The van der Waals surface area contributed by atoms with Crippen LogP contribution in [-0.2, 0) is 16.9 Å². The number of ether oxygens (including phenoxy) is 3. The highest BCUT2D eigenvalue weighted by Gasteiger charge is 2.40. The maximum Gasteiger partial charge on any atom is 0.515 e. The van der Waals surface area contributed by atoms with Crippen LogP contribution < -0.4 is 14.8 Å². The second kappa shape index (κ2) is 10.5. The molecular weight excluding hydrogens is 432 g/mol. The Morgan fingerprint density at radius 1 is 1.24 bits per heavy atom. The predicted octanol–water partition coefficient (Wildman–Crippen LogP) is 5.19. The summed E-state index contributed by atoms with van der Waals surface area (Å²) < 4.78 is 15.8. The summed E-state index contributed by atoms with van der Waals surface area (Å²) in [6.45, 7) is 5.14. The number of aromatic amines is 1. The Hall–Kier alpha value is -3.03. The van der Waals surface area contributed by atoms with Crippen molar-refractivity contribution < 1.29 is 24.1 Å². The molecule has 1 aliphatic rings. The van der Waals surface area contributed by atoms with Gasteiger partial charge in [0.05, 0.1) is 19.3 Å². The van der Waals surface area contributed by atoms with Crippen molar-refractivity contribution >= 4 is 17.1 Å². The number of aliphatic hydroxyl groups is 1. The van der Waals surface area contributed by atoms with Gasteiger partial charge in [0.2, 0.25) is 5.88 Å². The molecule has 1 fully saturated rings. The zero-order chi connectivity index (χ0) is 24.1. The average molecular weight is 467 g/mol. The molecule has 1 saturated carbocycles. The topological polar surface area (TPSA) is 92.8 Å². The first-order valence-corrected chi connectivity index (χ1v) is 12.0. The van der Waals surface area contributed by atoms with E-state index in [2.05, 4.69) is 16.4 Å². The lowest BCUT2D eigenvalue weighted by atomic mass is 9.71. The highest BCUT2D eigenvalue weighted by molar-refractivity contribution is 5.87. The van der Waals surface area contributed by atoms with E-state index in [4.69, 9.17) is 14.2 Å². The number of aromatic nitrogens is 1. The van der Waals surface area contributed by atoms with Gasteiger partial charge in [-0.15, -0.1) is 0 Å². The lowest BCUT2D eigenvalue weighted by molar-refractivity contribution is -0.0538. The van der Waals surface area contributed by atoms with Crippen LogP contribution >= 0.6 is 0 Å². The standard InChI is InChI=1S/C27H34N2O5/c1-4-33-26(30)34-25-23(22-14-18(2)11-12-24(22)29-25)17-28-16-20-8-5-6-13-27(20,31)19-9-7-10-21(15-19)32-3/h7,9-12,14-15,20,28-29,31H,4-6,8,13,16-17H2,1-3H3. The van der Waals surface area contributed by atoms with E-state index >= 15 is 0 Å². The molecule has 4 rings (SSSR count). The molecule has 0 amide bonds. The van der Waals surface area contributed by atoms with E-state index in [9.17, 15) is 9.90 Å². The minimum Gasteiger partial charge on any atom is -0.497 e. The van der Waals surface area contributed by atoms with Gasteiger partial charge < -0.3 is 29.6 Å². The summed E-state index contributed by atoms with van der Waals surface area (Å²) in [6, 6.07) is 13.8. The predicted molar refractivity (Wildman–Crippen MR) is 131 cm³/mol. The van der Waals surface area contributed by atoms with E-state index in [1.54, 1.807) is 14.0 Å². The zero-order valence-corrected chi connectivity index (χ0v) is 20.1. The molecule has 2 atom stereocenters. The number of hydrogen-bond acceptors (Lipinski definition) is 6. The van der Waals surface area contributed by atoms with E-state index in [0.717, 1.165) is 59.0 Å². The molecule has 0 spiro atoms. The zero-order valence-electron chi connectivity index (χ0n) is 20.1. The second-order valence-electron chi connectivity index (χ2n) is 9.00. The van der Waals surface area contributed by atoms with Gasteiger partial charge in [-0.3, -0.25) is 0 Å². The van der Waals surface area contributed by atoms with E-state index in [1.165, 1.54) is 0 Å². The maximum absolute atomic E-state index is 12.0. The smallest absolute Gasteiger partial charge is 0.497 e. The Morgan fingerprint density at radius 3 is 2.88 bits per heavy atom. The van der Waals surface area contributed by atoms with Crippen LogP contribution in [0.25, 0.3) is 10.9 Å². The number of methoxy groups -OCH3 is 1. The van der Waals surface area contributed by atoms with Gasteiger partial charge in [-0.2, -0.15) is 0 Å². The monoisotopic (exact) mass is 466 g/mol. The lowest BCUT2D eigenvalue weighted by Gasteiger charge is -2.41. The van der Waals surface area contributed by atoms with Gasteiger partial charge in [0.1, 0.15) is 5.75 Å². The molecule has 3 N–H and O–H groups in total. The number of H-pyrrole nitrogens is 1. The summed E-state index contributed by atoms with van der Waals surface area (Å²) in [5, 5.41) is 16.3.